The lowest BCUT2D eigenvalue weighted by Gasteiger charge is -2.42. The van der Waals surface area contributed by atoms with Crippen LogP contribution in [0, 0.1) is 17.7 Å². The molecule has 0 bridgehead atoms. The molecule has 12 heteroatoms. The van der Waals surface area contributed by atoms with E-state index in [1.54, 1.807) is 0 Å². The first kappa shape index (κ1) is 22.2. The van der Waals surface area contributed by atoms with Gasteiger partial charge in [0.15, 0.2) is 0 Å². The maximum atomic E-state index is 13.6. The van der Waals surface area contributed by atoms with E-state index in [4.69, 9.17) is 0 Å². The monoisotopic (exact) mass is 441 g/mol. The summed E-state index contributed by atoms with van der Waals surface area (Å²) in [6.07, 6.45) is -10.2. The van der Waals surface area contributed by atoms with Crippen molar-refractivity contribution < 1.29 is 40.3 Å². The highest BCUT2D eigenvalue weighted by Gasteiger charge is 2.50. The highest BCUT2D eigenvalue weighted by atomic mass is 19.4. The van der Waals surface area contributed by atoms with Crippen molar-refractivity contribution in [1.82, 2.24) is 15.5 Å². The van der Waals surface area contributed by atoms with Gasteiger partial charge in [0.2, 0.25) is 5.91 Å². The van der Waals surface area contributed by atoms with E-state index in [1.165, 1.54) is 0 Å². The van der Waals surface area contributed by atoms with Crippen LogP contribution in [-0.4, -0.2) is 42.6 Å². The minimum absolute atomic E-state index is 0.136. The van der Waals surface area contributed by atoms with Crippen molar-refractivity contribution in [1.29, 1.82) is 0 Å². The SMILES string of the molecule is O=C1CN(C(=O)NC(c2ccc(F)c(C(F)(F)F)c2)[C@H]2C[C@H](C(F)(F)F)C2)CCN1. The number of nitrogens with zero attached hydrogens (tertiary/aromatic N) is 1. The van der Waals surface area contributed by atoms with Gasteiger partial charge in [0.05, 0.1) is 17.5 Å². The number of halogens is 7. The molecule has 0 radical (unpaired) electrons. The molecule has 5 nitrogen and oxygen atoms in total. The molecular weight excluding hydrogens is 423 g/mol. The molecule has 1 saturated carbocycles. The van der Waals surface area contributed by atoms with Gasteiger partial charge in [-0.2, -0.15) is 26.3 Å². The van der Waals surface area contributed by atoms with Gasteiger partial charge in [-0.05, 0) is 36.5 Å². The highest BCUT2D eigenvalue weighted by molar-refractivity contribution is 5.85. The average Bonchev–Trinajstić information content (AvgIpc) is 2.57. The molecule has 0 aromatic heterocycles. The number of alkyl halides is 6. The van der Waals surface area contributed by atoms with Gasteiger partial charge in [-0.25, -0.2) is 9.18 Å². The number of benzene rings is 1. The minimum atomic E-state index is -5.01. The number of urea groups is 1. The summed E-state index contributed by atoms with van der Waals surface area (Å²) in [7, 11) is 0. The van der Waals surface area contributed by atoms with Gasteiger partial charge in [0.1, 0.15) is 12.4 Å². The number of hydrogen-bond donors (Lipinski definition) is 2. The largest absolute Gasteiger partial charge is 0.419 e. The van der Waals surface area contributed by atoms with Crippen LogP contribution in [0.4, 0.5) is 35.5 Å². The molecule has 0 spiro atoms. The van der Waals surface area contributed by atoms with E-state index in [-0.39, 0.29) is 38.0 Å². The van der Waals surface area contributed by atoms with Crippen molar-refractivity contribution >= 4 is 11.9 Å². The molecule has 1 heterocycles. The Kier molecular flexibility index (Phi) is 5.87. The van der Waals surface area contributed by atoms with Crippen molar-refractivity contribution in [3.63, 3.8) is 0 Å². The molecule has 1 aromatic rings. The molecule has 2 aliphatic rings. The number of carbonyl (C=O) groups excluding carboxylic acids is 2. The second-order valence-corrected chi connectivity index (χ2v) is 7.41. The fourth-order valence-corrected chi connectivity index (χ4v) is 3.66. The summed E-state index contributed by atoms with van der Waals surface area (Å²) in [5.74, 6) is -4.36. The van der Waals surface area contributed by atoms with Gasteiger partial charge in [-0.3, -0.25) is 4.79 Å². The van der Waals surface area contributed by atoms with E-state index < -0.39 is 53.5 Å². The number of carbonyl (C=O) groups is 2. The Bertz CT molecular complexity index is 819. The second kappa shape index (κ2) is 7.95. The molecule has 1 saturated heterocycles. The molecule has 2 N–H and O–H groups in total. The predicted octanol–water partition coefficient (Wildman–Crippen LogP) is 3.62. The quantitative estimate of drug-likeness (QED) is 0.705. The third-order valence-corrected chi connectivity index (χ3v) is 5.37. The van der Waals surface area contributed by atoms with Crippen LogP contribution in [0.1, 0.15) is 30.0 Å². The van der Waals surface area contributed by atoms with Gasteiger partial charge < -0.3 is 15.5 Å². The first-order chi connectivity index (χ1) is 13.9. The highest BCUT2D eigenvalue weighted by Crippen LogP contribution is 2.49. The Morgan fingerprint density at radius 3 is 2.40 bits per heavy atom. The van der Waals surface area contributed by atoms with E-state index in [1.807, 2.05) is 0 Å². The standard InChI is InChI=1S/C18H18F7N3O2/c19-13-2-1-9(7-12(13)18(23,24)25)15(10-5-11(6-10)17(20,21)22)27-16(30)28-4-3-26-14(29)8-28/h1-2,7,10-11,15H,3-6,8H2,(H,26,29)(H,27,30)/t10-,11-,15?. The fraction of sp³-hybridized carbons (Fsp3) is 0.556. The lowest BCUT2D eigenvalue weighted by atomic mass is 9.69. The van der Waals surface area contributed by atoms with Gasteiger partial charge in [-0.1, -0.05) is 6.07 Å². The average molecular weight is 441 g/mol. The Balaban J connectivity index is 1.85. The predicted molar refractivity (Wildman–Crippen MR) is 89.5 cm³/mol. The van der Waals surface area contributed by atoms with Gasteiger partial charge in [-0.15, -0.1) is 0 Å². The van der Waals surface area contributed by atoms with E-state index in [0.717, 1.165) is 11.0 Å². The summed E-state index contributed by atoms with van der Waals surface area (Å²) in [4.78, 5) is 25.1. The van der Waals surface area contributed by atoms with Crippen molar-refractivity contribution in [2.75, 3.05) is 19.6 Å². The summed E-state index contributed by atoms with van der Waals surface area (Å²) >= 11 is 0. The van der Waals surface area contributed by atoms with Crippen LogP contribution in [0.3, 0.4) is 0 Å². The van der Waals surface area contributed by atoms with Crippen molar-refractivity contribution in [3.8, 4) is 0 Å². The third kappa shape index (κ3) is 4.78. The Labute approximate surface area is 166 Å². The summed E-state index contributed by atoms with van der Waals surface area (Å²) in [5.41, 5.74) is -1.72. The molecule has 1 unspecified atom stereocenters. The molecule has 3 amide bonds. The Morgan fingerprint density at radius 1 is 1.17 bits per heavy atom. The van der Waals surface area contributed by atoms with Crippen molar-refractivity contribution in [2.24, 2.45) is 11.8 Å². The lowest BCUT2D eigenvalue weighted by molar-refractivity contribution is -0.206. The number of hydrogen-bond acceptors (Lipinski definition) is 2. The van der Waals surface area contributed by atoms with E-state index in [0.29, 0.717) is 12.1 Å². The minimum Gasteiger partial charge on any atom is -0.353 e. The molecule has 1 atom stereocenters. The smallest absolute Gasteiger partial charge is 0.353 e. The summed E-state index contributed by atoms with van der Waals surface area (Å²) in [5, 5.41) is 4.94. The van der Waals surface area contributed by atoms with Gasteiger partial charge in [0.25, 0.3) is 0 Å². The van der Waals surface area contributed by atoms with E-state index in [2.05, 4.69) is 10.6 Å². The molecule has 3 rings (SSSR count). The molecular formula is C18H18F7N3O2. The third-order valence-electron chi connectivity index (χ3n) is 5.37. The zero-order valence-electron chi connectivity index (χ0n) is 15.4. The maximum Gasteiger partial charge on any atom is 0.419 e. The van der Waals surface area contributed by atoms with E-state index in [9.17, 15) is 40.3 Å². The van der Waals surface area contributed by atoms with Crippen LogP contribution in [0.15, 0.2) is 18.2 Å². The molecule has 2 fully saturated rings. The zero-order chi connectivity index (χ0) is 22.3. The molecule has 1 aromatic carbocycles. The summed E-state index contributed by atoms with van der Waals surface area (Å²) < 4.78 is 91.5. The van der Waals surface area contributed by atoms with Crippen LogP contribution in [0.5, 0.6) is 0 Å². The number of rotatable bonds is 3. The zero-order valence-corrected chi connectivity index (χ0v) is 15.4. The van der Waals surface area contributed by atoms with Crippen molar-refractivity contribution in [3.05, 3.63) is 35.1 Å². The van der Waals surface area contributed by atoms with Crippen LogP contribution >= 0.6 is 0 Å². The molecule has 30 heavy (non-hydrogen) atoms. The molecule has 1 aliphatic heterocycles. The topological polar surface area (TPSA) is 61.4 Å². The van der Waals surface area contributed by atoms with Crippen LogP contribution in [0.25, 0.3) is 0 Å². The molecule has 166 valence electrons. The van der Waals surface area contributed by atoms with Crippen LogP contribution in [-0.2, 0) is 11.0 Å². The number of nitrogens with one attached hydrogen (secondary N) is 2. The normalized spacial score (nSPS) is 23.4. The summed E-state index contributed by atoms with van der Waals surface area (Å²) in [6.45, 7) is 0.0221. The first-order valence-corrected chi connectivity index (χ1v) is 9.11. The Morgan fingerprint density at radius 2 is 1.83 bits per heavy atom. The lowest BCUT2D eigenvalue weighted by Crippen LogP contribution is -2.54. The fourth-order valence-electron chi connectivity index (χ4n) is 3.66. The van der Waals surface area contributed by atoms with Crippen molar-refractivity contribution in [2.45, 2.75) is 31.2 Å². The van der Waals surface area contributed by atoms with Gasteiger partial charge in [0, 0.05) is 13.1 Å². The van der Waals surface area contributed by atoms with Crippen LogP contribution < -0.4 is 10.6 Å². The molecule has 1 aliphatic carbocycles. The first-order valence-electron chi connectivity index (χ1n) is 9.11. The van der Waals surface area contributed by atoms with E-state index >= 15 is 0 Å². The number of piperazine rings is 1. The second-order valence-electron chi connectivity index (χ2n) is 7.41. The van der Waals surface area contributed by atoms with Crippen LogP contribution in [0.2, 0.25) is 0 Å². The Hall–Kier alpha value is -2.53. The maximum absolute atomic E-state index is 13.6. The van der Waals surface area contributed by atoms with Gasteiger partial charge >= 0.3 is 18.4 Å². The number of amides is 3. The summed E-state index contributed by atoms with van der Waals surface area (Å²) in [6, 6.07) is 0.112.